The van der Waals surface area contributed by atoms with E-state index in [1.54, 1.807) is 26.4 Å². The lowest BCUT2D eigenvalue weighted by atomic mass is 9.89. The molecule has 4 rings (SSSR count). The van der Waals surface area contributed by atoms with Crippen molar-refractivity contribution in [2.45, 2.75) is 12.0 Å². The number of fused-ring (bicyclic) bond motifs is 2. The average molecular weight is 353 g/mol. The first-order valence-electron chi connectivity index (χ1n) is 8.28. The van der Waals surface area contributed by atoms with Gasteiger partial charge in [-0.1, -0.05) is 23.4 Å². The van der Waals surface area contributed by atoms with E-state index in [0.29, 0.717) is 36.4 Å². The Hall–Kier alpha value is -3.00. The number of carbonyl (C=O) groups is 1. The van der Waals surface area contributed by atoms with Crippen molar-refractivity contribution >= 4 is 17.1 Å². The highest BCUT2D eigenvalue weighted by atomic mass is 16.5. The van der Waals surface area contributed by atoms with E-state index in [1.165, 1.54) is 4.68 Å². The lowest BCUT2D eigenvalue weighted by Gasteiger charge is -2.38. The highest BCUT2D eigenvalue weighted by Gasteiger charge is 2.38. The molecule has 8 heteroatoms. The Morgan fingerprint density at radius 3 is 3.08 bits per heavy atom. The fraction of sp³-hybridized carbons (Fsp3) is 0.333. The Morgan fingerprint density at radius 1 is 1.38 bits per heavy atom. The minimum atomic E-state index is -0.655. The molecule has 3 heterocycles. The standard InChI is InChI=1S/C18H19N5O3/c1-23-16-15(21-22-23)13(7-8-19-16)17(24)20-18(10-25-2)9-12-5-3-4-6-14(12)26-11-18/h3-8H,9-11H2,1-2H3,(H,20,24). The molecule has 26 heavy (non-hydrogen) atoms. The third-order valence-electron chi connectivity index (χ3n) is 4.54. The molecule has 0 radical (unpaired) electrons. The number of amides is 1. The fourth-order valence-corrected chi connectivity index (χ4v) is 3.33. The van der Waals surface area contributed by atoms with E-state index >= 15 is 0 Å². The minimum Gasteiger partial charge on any atom is -0.491 e. The highest BCUT2D eigenvalue weighted by Crippen LogP contribution is 2.30. The van der Waals surface area contributed by atoms with Gasteiger partial charge in [0, 0.05) is 26.8 Å². The van der Waals surface area contributed by atoms with Crippen LogP contribution in [0.4, 0.5) is 0 Å². The first-order chi connectivity index (χ1) is 12.6. The van der Waals surface area contributed by atoms with Gasteiger partial charge in [-0.3, -0.25) is 4.79 Å². The summed E-state index contributed by atoms with van der Waals surface area (Å²) in [6, 6.07) is 9.46. The summed E-state index contributed by atoms with van der Waals surface area (Å²) in [7, 11) is 3.35. The number of hydrogen-bond acceptors (Lipinski definition) is 6. The van der Waals surface area contributed by atoms with Crippen LogP contribution in [0.3, 0.4) is 0 Å². The minimum absolute atomic E-state index is 0.252. The molecule has 1 unspecified atom stereocenters. The van der Waals surface area contributed by atoms with Crippen LogP contribution in [0.1, 0.15) is 15.9 Å². The smallest absolute Gasteiger partial charge is 0.254 e. The predicted octanol–water partition coefficient (Wildman–Crippen LogP) is 1.11. The van der Waals surface area contributed by atoms with Crippen LogP contribution in [0, 0.1) is 0 Å². The second kappa shape index (κ2) is 6.38. The van der Waals surface area contributed by atoms with Crippen molar-refractivity contribution in [2.24, 2.45) is 7.05 Å². The number of aromatic nitrogens is 4. The molecular weight excluding hydrogens is 334 g/mol. The van der Waals surface area contributed by atoms with Gasteiger partial charge in [-0.25, -0.2) is 9.67 Å². The van der Waals surface area contributed by atoms with Gasteiger partial charge in [0.05, 0.1) is 12.2 Å². The van der Waals surface area contributed by atoms with Gasteiger partial charge < -0.3 is 14.8 Å². The number of pyridine rings is 1. The summed E-state index contributed by atoms with van der Waals surface area (Å²) in [5, 5.41) is 11.1. The molecular formula is C18H19N5O3. The highest BCUT2D eigenvalue weighted by molar-refractivity contribution is 6.04. The SMILES string of the molecule is COCC1(NC(=O)c2ccnc3c2nnn3C)COc2ccccc2C1. The lowest BCUT2D eigenvalue weighted by Crippen LogP contribution is -2.58. The molecule has 0 spiro atoms. The van der Waals surface area contributed by atoms with Crippen molar-refractivity contribution < 1.29 is 14.3 Å². The Bertz CT molecular complexity index is 970. The number of ether oxygens (including phenoxy) is 2. The third-order valence-corrected chi connectivity index (χ3v) is 4.54. The van der Waals surface area contributed by atoms with Crippen LogP contribution < -0.4 is 10.1 Å². The van der Waals surface area contributed by atoms with E-state index in [-0.39, 0.29) is 5.91 Å². The van der Waals surface area contributed by atoms with E-state index in [9.17, 15) is 4.79 Å². The number of aryl methyl sites for hydroxylation is 1. The molecule has 1 N–H and O–H groups in total. The van der Waals surface area contributed by atoms with E-state index in [0.717, 1.165) is 11.3 Å². The van der Waals surface area contributed by atoms with E-state index in [1.807, 2.05) is 24.3 Å². The Kier molecular flexibility index (Phi) is 4.04. The topological polar surface area (TPSA) is 91.2 Å². The van der Waals surface area contributed by atoms with Gasteiger partial charge in [-0.2, -0.15) is 0 Å². The summed E-state index contributed by atoms with van der Waals surface area (Å²) in [5.74, 6) is 0.589. The van der Waals surface area contributed by atoms with Crippen LogP contribution in [0.5, 0.6) is 5.75 Å². The van der Waals surface area contributed by atoms with Gasteiger partial charge in [0.2, 0.25) is 0 Å². The number of para-hydroxylation sites is 1. The maximum Gasteiger partial charge on any atom is 0.254 e. The van der Waals surface area contributed by atoms with Crippen LogP contribution in [-0.4, -0.2) is 51.7 Å². The van der Waals surface area contributed by atoms with Crippen molar-refractivity contribution in [3.8, 4) is 5.75 Å². The first-order valence-corrected chi connectivity index (χ1v) is 8.28. The molecule has 0 saturated heterocycles. The number of benzene rings is 1. The molecule has 0 bridgehead atoms. The van der Waals surface area contributed by atoms with Gasteiger partial charge in [-0.05, 0) is 17.7 Å². The van der Waals surface area contributed by atoms with Crippen molar-refractivity contribution in [3.63, 3.8) is 0 Å². The van der Waals surface area contributed by atoms with Gasteiger partial charge in [-0.15, -0.1) is 5.10 Å². The van der Waals surface area contributed by atoms with Crippen molar-refractivity contribution in [2.75, 3.05) is 20.3 Å². The van der Waals surface area contributed by atoms with Gasteiger partial charge in [0.1, 0.15) is 23.4 Å². The van der Waals surface area contributed by atoms with E-state index < -0.39 is 5.54 Å². The summed E-state index contributed by atoms with van der Waals surface area (Å²) in [6.07, 6.45) is 2.20. The Labute approximate surface area is 150 Å². The Balaban J connectivity index is 1.66. The van der Waals surface area contributed by atoms with E-state index in [2.05, 4.69) is 20.6 Å². The van der Waals surface area contributed by atoms with Crippen LogP contribution in [0.15, 0.2) is 36.5 Å². The molecule has 1 amide bonds. The third kappa shape index (κ3) is 2.78. The molecule has 1 atom stereocenters. The lowest BCUT2D eigenvalue weighted by molar-refractivity contribution is 0.0507. The second-order valence-electron chi connectivity index (χ2n) is 6.48. The predicted molar refractivity (Wildman–Crippen MR) is 94.0 cm³/mol. The van der Waals surface area contributed by atoms with Crippen molar-refractivity contribution in [1.29, 1.82) is 0 Å². The molecule has 0 fully saturated rings. The quantitative estimate of drug-likeness (QED) is 0.756. The fourth-order valence-electron chi connectivity index (χ4n) is 3.33. The van der Waals surface area contributed by atoms with Crippen LogP contribution >= 0.6 is 0 Å². The average Bonchev–Trinajstić information content (AvgIpc) is 3.03. The summed E-state index contributed by atoms with van der Waals surface area (Å²) in [4.78, 5) is 17.2. The zero-order valence-corrected chi connectivity index (χ0v) is 14.6. The molecule has 8 nitrogen and oxygen atoms in total. The summed E-state index contributed by atoms with van der Waals surface area (Å²) < 4.78 is 12.8. The maximum absolute atomic E-state index is 13.0. The maximum atomic E-state index is 13.0. The molecule has 3 aromatic rings. The normalized spacial score (nSPS) is 19.0. The molecule has 0 aliphatic carbocycles. The number of hydrogen-bond donors (Lipinski definition) is 1. The van der Waals surface area contributed by atoms with Crippen molar-refractivity contribution in [3.05, 3.63) is 47.7 Å². The van der Waals surface area contributed by atoms with Gasteiger partial charge in [0.25, 0.3) is 5.91 Å². The zero-order chi connectivity index (χ0) is 18.1. The number of rotatable bonds is 4. The first kappa shape index (κ1) is 16.5. The zero-order valence-electron chi connectivity index (χ0n) is 14.6. The van der Waals surface area contributed by atoms with E-state index in [4.69, 9.17) is 9.47 Å². The number of nitrogens with one attached hydrogen (secondary N) is 1. The van der Waals surface area contributed by atoms with Gasteiger partial charge >= 0.3 is 0 Å². The summed E-state index contributed by atoms with van der Waals surface area (Å²) in [6.45, 7) is 0.667. The van der Waals surface area contributed by atoms with Crippen LogP contribution in [0.25, 0.3) is 11.2 Å². The Morgan fingerprint density at radius 2 is 2.23 bits per heavy atom. The molecule has 2 aromatic heterocycles. The van der Waals surface area contributed by atoms with Crippen LogP contribution in [0.2, 0.25) is 0 Å². The molecule has 1 aliphatic rings. The summed E-state index contributed by atoms with van der Waals surface area (Å²) in [5.41, 5.74) is 1.84. The number of methoxy groups -OCH3 is 1. The largest absolute Gasteiger partial charge is 0.491 e. The van der Waals surface area contributed by atoms with Crippen molar-refractivity contribution in [1.82, 2.24) is 25.3 Å². The number of nitrogens with zero attached hydrogens (tertiary/aromatic N) is 4. The molecule has 0 saturated carbocycles. The molecule has 1 aromatic carbocycles. The monoisotopic (exact) mass is 353 g/mol. The second-order valence-corrected chi connectivity index (χ2v) is 6.48. The molecule has 1 aliphatic heterocycles. The van der Waals surface area contributed by atoms with Crippen LogP contribution in [-0.2, 0) is 18.2 Å². The summed E-state index contributed by atoms with van der Waals surface area (Å²) >= 11 is 0. The molecule has 134 valence electrons. The number of carbonyl (C=O) groups excluding carboxylic acids is 1. The van der Waals surface area contributed by atoms with Gasteiger partial charge in [0.15, 0.2) is 5.65 Å².